The number of rotatable bonds is 10. The molecule has 0 saturated carbocycles. The number of nitrogens with zero attached hydrogens (tertiary/aromatic N) is 1. The van der Waals surface area contributed by atoms with E-state index < -0.39 is 21.2 Å². The number of anilines is 1. The Morgan fingerprint density at radius 3 is 2.28 bits per heavy atom. The fraction of sp³-hybridized carbons (Fsp3) is 0.286. The number of hydrogen-bond donors (Lipinski definition) is 0. The van der Waals surface area contributed by atoms with Gasteiger partial charge in [-0.3, -0.25) is 9.59 Å². The monoisotopic (exact) mass is 507 g/mol. The van der Waals surface area contributed by atoms with Crippen LogP contribution in [0.3, 0.4) is 0 Å². The van der Waals surface area contributed by atoms with Crippen LogP contribution in [0.4, 0.5) is 5.69 Å². The molecule has 1 aliphatic rings. The molecule has 0 bridgehead atoms. The van der Waals surface area contributed by atoms with E-state index in [9.17, 15) is 18.0 Å². The van der Waals surface area contributed by atoms with Crippen LogP contribution in [0, 0.1) is 0 Å². The maximum atomic E-state index is 14.2. The van der Waals surface area contributed by atoms with Crippen molar-refractivity contribution in [3.63, 3.8) is 0 Å². The van der Waals surface area contributed by atoms with Gasteiger partial charge in [0, 0.05) is 5.69 Å². The van der Waals surface area contributed by atoms with Gasteiger partial charge in [-0.2, -0.15) is 0 Å². The van der Waals surface area contributed by atoms with Gasteiger partial charge < -0.3 is 14.4 Å². The molecule has 188 valence electrons. The van der Waals surface area contributed by atoms with Crippen molar-refractivity contribution in [2.75, 3.05) is 24.4 Å². The van der Waals surface area contributed by atoms with Crippen molar-refractivity contribution in [1.29, 1.82) is 0 Å². The first kappa shape index (κ1) is 25.4. The Bertz CT molecular complexity index is 1340. The molecule has 3 aromatic carbocycles. The predicted octanol–water partition coefficient (Wildman–Crippen LogP) is 4.30. The summed E-state index contributed by atoms with van der Waals surface area (Å²) >= 11 is 0. The summed E-state index contributed by atoms with van der Waals surface area (Å²) in [6.07, 6.45) is -0.344. The summed E-state index contributed by atoms with van der Waals surface area (Å²) in [5, 5.41) is 0. The fourth-order valence-electron chi connectivity index (χ4n) is 4.68. The minimum absolute atomic E-state index is 0.0761. The van der Waals surface area contributed by atoms with Gasteiger partial charge in [-0.15, -0.1) is 0 Å². The molecule has 0 fully saturated rings. The molecule has 0 unspecified atom stereocenters. The van der Waals surface area contributed by atoms with Gasteiger partial charge in [0.1, 0.15) is 5.75 Å². The zero-order valence-corrected chi connectivity index (χ0v) is 21.2. The number of hydrogen-bond acceptors (Lipinski definition) is 6. The van der Waals surface area contributed by atoms with E-state index in [1.54, 1.807) is 48.2 Å². The van der Waals surface area contributed by atoms with E-state index in [2.05, 4.69) is 0 Å². The molecule has 7 nitrogen and oxygen atoms in total. The number of fused-ring (bicyclic) bond motifs is 1. The molecule has 1 atom stereocenters. The first-order valence-electron chi connectivity index (χ1n) is 11.8. The van der Waals surface area contributed by atoms with Gasteiger partial charge in [0.05, 0.1) is 42.7 Å². The first-order valence-corrected chi connectivity index (χ1v) is 13.4. The van der Waals surface area contributed by atoms with Gasteiger partial charge >= 0.3 is 5.97 Å². The third-order valence-corrected chi connectivity index (χ3v) is 8.23. The second-order valence-electron chi connectivity index (χ2n) is 8.71. The highest BCUT2D eigenvalue weighted by atomic mass is 32.2. The van der Waals surface area contributed by atoms with Gasteiger partial charge in [-0.1, -0.05) is 48.5 Å². The summed E-state index contributed by atoms with van der Waals surface area (Å²) in [4.78, 5) is 28.8. The predicted molar refractivity (Wildman–Crippen MR) is 137 cm³/mol. The molecule has 0 N–H and O–H groups in total. The number of ether oxygens (including phenoxy) is 2. The molecule has 1 amide bonds. The Morgan fingerprint density at radius 1 is 0.972 bits per heavy atom. The molecule has 1 heterocycles. The second kappa shape index (κ2) is 10.5. The third kappa shape index (κ3) is 4.99. The number of carbonyl (C=O) groups is 2. The SMILES string of the molecule is CCOC(=O)C[C@@]1(CCS(=O)(=O)c2ccccc2)C(=O)N(Cc2ccccc2)c2ccc(OC)cc21. The Morgan fingerprint density at radius 2 is 1.64 bits per heavy atom. The normalized spacial score (nSPS) is 17.1. The molecule has 0 radical (unpaired) electrons. The minimum atomic E-state index is -3.71. The molecule has 0 spiro atoms. The van der Waals surface area contributed by atoms with E-state index in [4.69, 9.17) is 9.47 Å². The van der Waals surface area contributed by atoms with Crippen molar-refractivity contribution in [1.82, 2.24) is 0 Å². The van der Waals surface area contributed by atoms with E-state index in [0.29, 0.717) is 17.0 Å². The number of carbonyl (C=O) groups excluding carboxylic acids is 2. The molecular weight excluding hydrogens is 478 g/mol. The number of esters is 1. The van der Waals surface area contributed by atoms with E-state index in [0.717, 1.165) is 5.56 Å². The Labute approximate surface area is 211 Å². The second-order valence-corrected chi connectivity index (χ2v) is 10.8. The molecular formula is C28H29NO6S. The molecule has 0 aromatic heterocycles. The number of benzene rings is 3. The molecule has 0 saturated heterocycles. The van der Waals surface area contributed by atoms with Gasteiger partial charge in [0.15, 0.2) is 9.84 Å². The van der Waals surface area contributed by atoms with Crippen LogP contribution in [0.5, 0.6) is 5.75 Å². The number of amides is 1. The van der Waals surface area contributed by atoms with Crippen molar-refractivity contribution in [3.05, 3.63) is 90.0 Å². The van der Waals surface area contributed by atoms with Gasteiger partial charge in [-0.05, 0) is 54.8 Å². The fourth-order valence-corrected chi connectivity index (χ4v) is 6.10. The lowest BCUT2D eigenvalue weighted by Crippen LogP contribution is -2.43. The molecule has 1 aliphatic heterocycles. The van der Waals surface area contributed by atoms with Crippen LogP contribution in [-0.2, 0) is 36.1 Å². The summed E-state index contributed by atoms with van der Waals surface area (Å²) in [5.74, 6) is -0.677. The smallest absolute Gasteiger partial charge is 0.307 e. The first-order chi connectivity index (χ1) is 17.3. The quantitative estimate of drug-likeness (QED) is 0.380. The average Bonchev–Trinajstić information content (AvgIpc) is 3.11. The maximum absolute atomic E-state index is 14.2. The van der Waals surface area contributed by atoms with Crippen LogP contribution >= 0.6 is 0 Å². The Kier molecular flexibility index (Phi) is 7.45. The highest BCUT2D eigenvalue weighted by Crippen LogP contribution is 2.49. The number of sulfone groups is 1. The summed E-state index contributed by atoms with van der Waals surface area (Å²) in [6.45, 7) is 2.14. The largest absolute Gasteiger partial charge is 0.497 e. The van der Waals surface area contributed by atoms with Crippen molar-refractivity contribution < 1.29 is 27.5 Å². The van der Waals surface area contributed by atoms with Crippen LogP contribution in [-0.4, -0.2) is 39.8 Å². The highest BCUT2D eigenvalue weighted by molar-refractivity contribution is 7.91. The molecule has 3 aromatic rings. The third-order valence-electron chi connectivity index (χ3n) is 6.50. The molecule has 0 aliphatic carbocycles. The lowest BCUT2D eigenvalue weighted by Gasteiger charge is -2.28. The molecule has 36 heavy (non-hydrogen) atoms. The Balaban J connectivity index is 1.80. The zero-order valence-electron chi connectivity index (χ0n) is 20.3. The van der Waals surface area contributed by atoms with Crippen molar-refractivity contribution >= 4 is 27.4 Å². The van der Waals surface area contributed by atoms with Crippen LogP contribution in [0.2, 0.25) is 0 Å². The van der Waals surface area contributed by atoms with Gasteiger partial charge in [-0.25, -0.2) is 8.42 Å². The maximum Gasteiger partial charge on any atom is 0.307 e. The molecule has 8 heteroatoms. The van der Waals surface area contributed by atoms with Gasteiger partial charge in [0.25, 0.3) is 0 Å². The van der Waals surface area contributed by atoms with Crippen LogP contribution in [0.1, 0.15) is 30.9 Å². The van der Waals surface area contributed by atoms with Crippen LogP contribution < -0.4 is 9.64 Å². The summed E-state index contributed by atoms with van der Waals surface area (Å²) < 4.78 is 37.0. The van der Waals surface area contributed by atoms with E-state index in [1.165, 1.54) is 19.2 Å². The summed E-state index contributed by atoms with van der Waals surface area (Å²) in [6, 6.07) is 22.9. The number of methoxy groups -OCH3 is 1. The van der Waals surface area contributed by atoms with Gasteiger partial charge in [0.2, 0.25) is 5.91 Å². The van der Waals surface area contributed by atoms with Crippen LogP contribution in [0.15, 0.2) is 83.8 Å². The lowest BCUT2D eigenvalue weighted by atomic mass is 9.76. The highest BCUT2D eigenvalue weighted by Gasteiger charge is 2.52. The standard InChI is InChI=1S/C28H29NO6S/c1-3-35-26(30)19-28(16-17-36(32,33)23-12-8-5-9-13-23)24-18-22(34-2)14-15-25(24)29(27(28)31)20-21-10-6-4-7-11-21/h4-15,18H,3,16-17,19-20H2,1-2H3/t28-/m1/s1. The lowest BCUT2D eigenvalue weighted by molar-refractivity contribution is -0.146. The minimum Gasteiger partial charge on any atom is -0.497 e. The van der Waals surface area contributed by atoms with E-state index in [1.807, 2.05) is 30.3 Å². The average molecular weight is 508 g/mol. The Hall–Kier alpha value is -3.65. The van der Waals surface area contributed by atoms with Crippen molar-refractivity contribution in [2.45, 2.75) is 36.6 Å². The van der Waals surface area contributed by atoms with Crippen molar-refractivity contribution in [3.8, 4) is 5.75 Å². The topological polar surface area (TPSA) is 90.0 Å². The summed E-state index contributed by atoms with van der Waals surface area (Å²) in [7, 11) is -2.19. The van der Waals surface area contributed by atoms with Crippen LogP contribution in [0.25, 0.3) is 0 Å². The van der Waals surface area contributed by atoms with E-state index in [-0.39, 0.29) is 42.5 Å². The zero-order chi connectivity index (χ0) is 25.8. The molecule has 4 rings (SSSR count). The van der Waals surface area contributed by atoms with E-state index >= 15 is 0 Å². The van der Waals surface area contributed by atoms with Crippen molar-refractivity contribution in [2.24, 2.45) is 0 Å². The summed E-state index contributed by atoms with van der Waals surface area (Å²) in [5.41, 5.74) is 0.703.